The van der Waals surface area contributed by atoms with Crippen LogP contribution in [0.4, 0.5) is 0 Å². The van der Waals surface area contributed by atoms with Crippen molar-refractivity contribution in [2.24, 2.45) is 5.41 Å². The second kappa shape index (κ2) is 3.00. The van der Waals surface area contributed by atoms with Crippen LogP contribution in [0.5, 0.6) is 0 Å². The van der Waals surface area contributed by atoms with Gasteiger partial charge in [0.25, 0.3) is 0 Å². The molecule has 1 aliphatic rings. The Morgan fingerprint density at radius 1 is 1.73 bits per heavy atom. The standard InChI is InChI=1S/C7H10O4/c1-10-6(9)7(4-8)2-3-11-5-7/h4H,2-3,5H2,1H3/t7-/m1/s1. The normalized spacial score (nSPS) is 29.9. The average molecular weight is 158 g/mol. The van der Waals surface area contributed by atoms with E-state index in [4.69, 9.17) is 4.74 Å². The Morgan fingerprint density at radius 2 is 2.45 bits per heavy atom. The molecule has 1 heterocycles. The summed E-state index contributed by atoms with van der Waals surface area (Å²) >= 11 is 0. The lowest BCUT2D eigenvalue weighted by atomic mass is 9.90. The van der Waals surface area contributed by atoms with Gasteiger partial charge in [0.15, 0.2) is 0 Å². The van der Waals surface area contributed by atoms with Gasteiger partial charge in [0.05, 0.1) is 13.7 Å². The molecule has 62 valence electrons. The summed E-state index contributed by atoms with van der Waals surface area (Å²) in [6.45, 7) is 0.608. The zero-order valence-electron chi connectivity index (χ0n) is 6.33. The molecule has 11 heavy (non-hydrogen) atoms. The van der Waals surface area contributed by atoms with Crippen LogP contribution in [0.2, 0.25) is 0 Å². The van der Waals surface area contributed by atoms with E-state index in [-0.39, 0.29) is 6.61 Å². The molecule has 0 spiro atoms. The molecule has 1 fully saturated rings. The van der Waals surface area contributed by atoms with E-state index >= 15 is 0 Å². The van der Waals surface area contributed by atoms with E-state index < -0.39 is 11.4 Å². The summed E-state index contributed by atoms with van der Waals surface area (Å²) in [5.74, 6) is -0.495. The van der Waals surface area contributed by atoms with Crippen molar-refractivity contribution in [3.63, 3.8) is 0 Å². The van der Waals surface area contributed by atoms with Crippen molar-refractivity contribution in [2.45, 2.75) is 6.42 Å². The lowest BCUT2D eigenvalue weighted by Gasteiger charge is -2.15. The van der Waals surface area contributed by atoms with Gasteiger partial charge in [-0.1, -0.05) is 0 Å². The summed E-state index contributed by atoms with van der Waals surface area (Å²) in [4.78, 5) is 21.6. The zero-order chi connectivity index (χ0) is 8.32. The topological polar surface area (TPSA) is 52.6 Å². The fourth-order valence-electron chi connectivity index (χ4n) is 1.09. The fourth-order valence-corrected chi connectivity index (χ4v) is 1.09. The first-order valence-corrected chi connectivity index (χ1v) is 3.38. The van der Waals surface area contributed by atoms with Crippen molar-refractivity contribution >= 4 is 12.3 Å². The van der Waals surface area contributed by atoms with Crippen LogP contribution in [-0.2, 0) is 19.1 Å². The highest BCUT2D eigenvalue weighted by Gasteiger charge is 2.43. The molecule has 1 aliphatic heterocycles. The molecule has 0 N–H and O–H groups in total. The van der Waals surface area contributed by atoms with E-state index in [0.29, 0.717) is 19.3 Å². The van der Waals surface area contributed by atoms with Gasteiger partial charge in [-0.15, -0.1) is 0 Å². The van der Waals surface area contributed by atoms with E-state index in [0.717, 1.165) is 0 Å². The summed E-state index contributed by atoms with van der Waals surface area (Å²) < 4.78 is 9.42. The summed E-state index contributed by atoms with van der Waals surface area (Å²) in [5, 5.41) is 0. The number of methoxy groups -OCH3 is 1. The van der Waals surface area contributed by atoms with E-state index in [1.807, 2.05) is 0 Å². The molecule has 0 amide bonds. The lowest BCUT2D eigenvalue weighted by molar-refractivity contribution is -0.154. The molecule has 0 aliphatic carbocycles. The molecular formula is C7H10O4. The third-order valence-electron chi connectivity index (χ3n) is 1.87. The highest BCUT2D eigenvalue weighted by molar-refractivity contribution is 5.93. The van der Waals surface area contributed by atoms with E-state index in [2.05, 4.69) is 4.74 Å². The monoisotopic (exact) mass is 158 g/mol. The number of hydrogen-bond donors (Lipinski definition) is 0. The number of aldehydes is 1. The number of ether oxygens (including phenoxy) is 2. The van der Waals surface area contributed by atoms with Gasteiger partial charge in [-0.05, 0) is 6.42 Å². The number of carbonyl (C=O) groups excluding carboxylic acids is 2. The molecular weight excluding hydrogens is 148 g/mol. The Labute approximate surface area is 64.5 Å². The largest absolute Gasteiger partial charge is 0.468 e. The first kappa shape index (κ1) is 8.20. The van der Waals surface area contributed by atoms with E-state index in [9.17, 15) is 9.59 Å². The van der Waals surface area contributed by atoms with Gasteiger partial charge in [-0.2, -0.15) is 0 Å². The van der Waals surface area contributed by atoms with Crippen molar-refractivity contribution in [3.8, 4) is 0 Å². The maximum atomic E-state index is 11.0. The van der Waals surface area contributed by atoms with Crippen molar-refractivity contribution < 1.29 is 19.1 Å². The summed E-state index contributed by atoms with van der Waals surface area (Å²) in [6.07, 6.45) is 1.05. The van der Waals surface area contributed by atoms with Crippen LogP contribution >= 0.6 is 0 Å². The fraction of sp³-hybridized carbons (Fsp3) is 0.714. The minimum Gasteiger partial charge on any atom is -0.468 e. The molecule has 0 aromatic heterocycles. The van der Waals surface area contributed by atoms with Crippen LogP contribution in [0.25, 0.3) is 0 Å². The Morgan fingerprint density at radius 3 is 2.82 bits per heavy atom. The first-order valence-electron chi connectivity index (χ1n) is 3.38. The van der Waals surface area contributed by atoms with E-state index in [1.165, 1.54) is 7.11 Å². The maximum Gasteiger partial charge on any atom is 0.321 e. The zero-order valence-corrected chi connectivity index (χ0v) is 6.33. The minimum atomic E-state index is -1.02. The highest BCUT2D eigenvalue weighted by Crippen LogP contribution is 2.27. The molecule has 1 rings (SSSR count). The first-order chi connectivity index (χ1) is 5.25. The highest BCUT2D eigenvalue weighted by atomic mass is 16.5. The number of hydrogen-bond acceptors (Lipinski definition) is 4. The SMILES string of the molecule is COC(=O)[C@@]1(C=O)CCOC1. The summed E-state index contributed by atoms with van der Waals surface area (Å²) in [6, 6.07) is 0. The molecule has 1 saturated heterocycles. The van der Waals surface area contributed by atoms with E-state index in [1.54, 1.807) is 0 Å². The predicted molar refractivity (Wildman–Crippen MR) is 35.9 cm³/mol. The van der Waals surface area contributed by atoms with Crippen molar-refractivity contribution in [1.29, 1.82) is 0 Å². The van der Waals surface area contributed by atoms with Crippen molar-refractivity contribution in [3.05, 3.63) is 0 Å². The Balaban J connectivity index is 2.74. The van der Waals surface area contributed by atoms with Gasteiger partial charge in [0.1, 0.15) is 11.7 Å². The molecule has 0 aromatic carbocycles. The number of carbonyl (C=O) groups is 2. The minimum absolute atomic E-state index is 0.156. The smallest absolute Gasteiger partial charge is 0.321 e. The molecule has 4 nitrogen and oxygen atoms in total. The van der Waals surface area contributed by atoms with Crippen LogP contribution in [0.3, 0.4) is 0 Å². The number of esters is 1. The van der Waals surface area contributed by atoms with Crippen molar-refractivity contribution in [1.82, 2.24) is 0 Å². The molecule has 0 unspecified atom stereocenters. The van der Waals surface area contributed by atoms with Crippen LogP contribution in [0.1, 0.15) is 6.42 Å². The van der Waals surface area contributed by atoms with Gasteiger partial charge >= 0.3 is 5.97 Å². The van der Waals surface area contributed by atoms with Crippen LogP contribution < -0.4 is 0 Å². The maximum absolute atomic E-state index is 11.0. The third-order valence-corrected chi connectivity index (χ3v) is 1.87. The van der Waals surface area contributed by atoms with Crippen LogP contribution in [-0.4, -0.2) is 32.6 Å². The Kier molecular flexibility index (Phi) is 2.24. The Bertz CT molecular complexity index is 169. The third kappa shape index (κ3) is 1.26. The number of rotatable bonds is 2. The Hall–Kier alpha value is -0.900. The summed E-state index contributed by atoms with van der Waals surface area (Å²) in [5.41, 5.74) is -1.02. The van der Waals surface area contributed by atoms with Gasteiger partial charge in [-0.25, -0.2) is 0 Å². The molecule has 4 heteroatoms. The van der Waals surface area contributed by atoms with Gasteiger partial charge in [0, 0.05) is 6.61 Å². The molecule has 0 saturated carbocycles. The van der Waals surface area contributed by atoms with Crippen molar-refractivity contribution in [2.75, 3.05) is 20.3 Å². The van der Waals surface area contributed by atoms with Crippen LogP contribution in [0, 0.1) is 5.41 Å². The molecule has 0 radical (unpaired) electrons. The second-order valence-electron chi connectivity index (χ2n) is 2.57. The second-order valence-corrected chi connectivity index (χ2v) is 2.57. The predicted octanol–water partition coefficient (Wildman–Crippen LogP) is -0.235. The summed E-state index contributed by atoms with van der Waals surface area (Å²) in [7, 11) is 1.27. The quantitative estimate of drug-likeness (QED) is 0.316. The molecule has 0 bridgehead atoms. The van der Waals surface area contributed by atoms with Crippen LogP contribution in [0.15, 0.2) is 0 Å². The molecule has 1 atom stereocenters. The average Bonchev–Trinajstić information content (AvgIpc) is 2.52. The molecule has 0 aromatic rings. The lowest BCUT2D eigenvalue weighted by Crippen LogP contribution is -2.34. The van der Waals surface area contributed by atoms with Gasteiger partial charge in [-0.3, -0.25) is 4.79 Å². The van der Waals surface area contributed by atoms with Gasteiger partial charge < -0.3 is 14.3 Å². The van der Waals surface area contributed by atoms with Gasteiger partial charge in [0.2, 0.25) is 0 Å².